The molecule has 0 spiro atoms. The first-order chi connectivity index (χ1) is 8.08. The SMILES string of the molecule is C[C@H](Nc1cnc2c(O)cccc2c1)C(=O)O. The molecule has 0 aliphatic rings. The molecule has 5 heteroatoms. The van der Waals surface area contributed by atoms with Crippen molar-refractivity contribution in [3.05, 3.63) is 30.5 Å². The summed E-state index contributed by atoms with van der Waals surface area (Å²) < 4.78 is 0. The minimum Gasteiger partial charge on any atom is -0.506 e. The zero-order valence-electron chi connectivity index (χ0n) is 9.21. The maximum atomic E-state index is 10.7. The van der Waals surface area contributed by atoms with Crippen molar-refractivity contribution in [3.63, 3.8) is 0 Å². The van der Waals surface area contributed by atoms with Crippen LogP contribution in [0.4, 0.5) is 5.69 Å². The fraction of sp³-hybridized carbons (Fsp3) is 0.167. The average molecular weight is 232 g/mol. The lowest BCUT2D eigenvalue weighted by atomic mass is 10.2. The Bertz CT molecular complexity index is 569. The molecule has 2 aromatic rings. The molecule has 0 aliphatic carbocycles. The smallest absolute Gasteiger partial charge is 0.325 e. The van der Waals surface area contributed by atoms with Crippen molar-refractivity contribution in [1.29, 1.82) is 0 Å². The van der Waals surface area contributed by atoms with Gasteiger partial charge in [-0.15, -0.1) is 0 Å². The molecule has 0 saturated carbocycles. The molecule has 2 rings (SSSR count). The van der Waals surface area contributed by atoms with Gasteiger partial charge in [0.05, 0.1) is 11.9 Å². The van der Waals surface area contributed by atoms with Gasteiger partial charge in [0.25, 0.3) is 0 Å². The maximum Gasteiger partial charge on any atom is 0.325 e. The molecular weight excluding hydrogens is 220 g/mol. The molecule has 5 nitrogen and oxygen atoms in total. The number of aromatic hydroxyl groups is 1. The van der Waals surface area contributed by atoms with Crippen LogP contribution in [-0.2, 0) is 4.79 Å². The number of hydrogen-bond donors (Lipinski definition) is 3. The van der Waals surface area contributed by atoms with Gasteiger partial charge in [0, 0.05) is 5.39 Å². The lowest BCUT2D eigenvalue weighted by Gasteiger charge is -2.11. The summed E-state index contributed by atoms with van der Waals surface area (Å²) in [5.41, 5.74) is 1.11. The number of carboxylic acid groups (broad SMARTS) is 1. The molecule has 0 fully saturated rings. The molecule has 0 amide bonds. The molecule has 0 aliphatic heterocycles. The number of para-hydroxylation sites is 1. The number of fused-ring (bicyclic) bond motifs is 1. The first-order valence-electron chi connectivity index (χ1n) is 5.15. The van der Waals surface area contributed by atoms with Crippen molar-refractivity contribution in [2.45, 2.75) is 13.0 Å². The van der Waals surface area contributed by atoms with Crippen LogP contribution in [0.3, 0.4) is 0 Å². The summed E-state index contributed by atoms with van der Waals surface area (Å²) in [6, 6.07) is 6.14. The molecule has 1 aromatic heterocycles. The first kappa shape index (κ1) is 11.2. The third kappa shape index (κ3) is 2.28. The van der Waals surface area contributed by atoms with E-state index < -0.39 is 12.0 Å². The highest BCUT2D eigenvalue weighted by Gasteiger charge is 2.10. The number of anilines is 1. The summed E-state index contributed by atoms with van der Waals surface area (Å²) in [4.78, 5) is 14.8. The van der Waals surface area contributed by atoms with Gasteiger partial charge in [-0.05, 0) is 19.1 Å². The molecule has 0 radical (unpaired) electrons. The number of phenolic OH excluding ortho intramolecular Hbond substituents is 1. The fourth-order valence-electron chi connectivity index (χ4n) is 1.54. The molecule has 0 bridgehead atoms. The van der Waals surface area contributed by atoms with Crippen molar-refractivity contribution in [3.8, 4) is 5.75 Å². The van der Waals surface area contributed by atoms with Gasteiger partial charge in [-0.25, -0.2) is 0 Å². The van der Waals surface area contributed by atoms with Gasteiger partial charge in [0.1, 0.15) is 17.3 Å². The van der Waals surface area contributed by atoms with E-state index >= 15 is 0 Å². The maximum absolute atomic E-state index is 10.7. The third-order valence-electron chi connectivity index (χ3n) is 2.44. The van der Waals surface area contributed by atoms with E-state index in [1.54, 1.807) is 31.2 Å². The van der Waals surface area contributed by atoms with Crippen molar-refractivity contribution in [1.82, 2.24) is 4.98 Å². The van der Waals surface area contributed by atoms with E-state index in [0.29, 0.717) is 11.2 Å². The van der Waals surface area contributed by atoms with E-state index in [-0.39, 0.29) is 5.75 Å². The van der Waals surface area contributed by atoms with Gasteiger partial charge < -0.3 is 15.5 Å². The highest BCUT2D eigenvalue weighted by Crippen LogP contribution is 2.24. The molecule has 17 heavy (non-hydrogen) atoms. The number of rotatable bonds is 3. The largest absolute Gasteiger partial charge is 0.506 e. The number of nitrogens with one attached hydrogen (secondary N) is 1. The second kappa shape index (κ2) is 4.29. The number of nitrogens with zero attached hydrogens (tertiary/aromatic N) is 1. The van der Waals surface area contributed by atoms with Gasteiger partial charge >= 0.3 is 5.97 Å². The van der Waals surface area contributed by atoms with Gasteiger partial charge in [0.15, 0.2) is 0 Å². The lowest BCUT2D eigenvalue weighted by Crippen LogP contribution is -2.25. The minimum absolute atomic E-state index is 0.111. The van der Waals surface area contributed by atoms with Crippen molar-refractivity contribution >= 4 is 22.6 Å². The highest BCUT2D eigenvalue weighted by molar-refractivity contribution is 5.87. The summed E-state index contributed by atoms with van der Waals surface area (Å²) in [6.07, 6.45) is 1.50. The summed E-state index contributed by atoms with van der Waals surface area (Å²) in [5.74, 6) is -0.818. The van der Waals surface area contributed by atoms with Crippen LogP contribution in [0.15, 0.2) is 30.5 Å². The van der Waals surface area contributed by atoms with Crippen LogP contribution < -0.4 is 5.32 Å². The van der Waals surface area contributed by atoms with E-state index in [2.05, 4.69) is 10.3 Å². The lowest BCUT2D eigenvalue weighted by molar-refractivity contribution is -0.137. The molecule has 3 N–H and O–H groups in total. The molecule has 1 aromatic carbocycles. The normalized spacial score (nSPS) is 12.3. The van der Waals surface area contributed by atoms with Crippen LogP contribution >= 0.6 is 0 Å². The number of carbonyl (C=O) groups is 1. The summed E-state index contributed by atoms with van der Waals surface area (Å²) in [7, 11) is 0. The second-order valence-corrected chi connectivity index (χ2v) is 3.78. The minimum atomic E-state index is -0.930. The quantitative estimate of drug-likeness (QED) is 0.752. The Balaban J connectivity index is 2.35. The Morgan fingerprint density at radius 1 is 1.47 bits per heavy atom. The van der Waals surface area contributed by atoms with Crippen molar-refractivity contribution in [2.24, 2.45) is 0 Å². The average Bonchev–Trinajstić information content (AvgIpc) is 2.29. The van der Waals surface area contributed by atoms with Crippen LogP contribution in [0.2, 0.25) is 0 Å². The molecule has 88 valence electrons. The summed E-state index contributed by atoms with van der Waals surface area (Å²) in [6.45, 7) is 1.55. The number of benzene rings is 1. The van der Waals surface area contributed by atoms with Gasteiger partial charge in [-0.2, -0.15) is 0 Å². The number of hydrogen-bond acceptors (Lipinski definition) is 4. The van der Waals surface area contributed by atoms with E-state index in [1.807, 2.05) is 0 Å². The van der Waals surface area contributed by atoms with E-state index in [9.17, 15) is 9.90 Å². The van der Waals surface area contributed by atoms with Crippen LogP contribution in [0.5, 0.6) is 5.75 Å². The van der Waals surface area contributed by atoms with Crippen LogP contribution in [-0.4, -0.2) is 27.2 Å². The van der Waals surface area contributed by atoms with E-state index in [1.165, 1.54) is 6.20 Å². The Morgan fingerprint density at radius 3 is 2.94 bits per heavy atom. The van der Waals surface area contributed by atoms with Crippen LogP contribution in [0, 0.1) is 0 Å². The fourth-order valence-corrected chi connectivity index (χ4v) is 1.54. The monoisotopic (exact) mass is 232 g/mol. The van der Waals surface area contributed by atoms with Crippen LogP contribution in [0.1, 0.15) is 6.92 Å². The predicted molar refractivity (Wildman–Crippen MR) is 64.1 cm³/mol. The van der Waals surface area contributed by atoms with E-state index in [0.717, 1.165) is 5.39 Å². The number of phenols is 1. The topological polar surface area (TPSA) is 82.5 Å². The number of pyridine rings is 1. The van der Waals surface area contributed by atoms with Crippen LogP contribution in [0.25, 0.3) is 10.9 Å². The van der Waals surface area contributed by atoms with Gasteiger partial charge in [-0.1, -0.05) is 12.1 Å². The second-order valence-electron chi connectivity index (χ2n) is 3.78. The Morgan fingerprint density at radius 2 is 2.24 bits per heavy atom. The molecule has 1 atom stereocenters. The summed E-state index contributed by atoms with van der Waals surface area (Å²) >= 11 is 0. The zero-order chi connectivity index (χ0) is 12.4. The summed E-state index contributed by atoms with van der Waals surface area (Å²) in [5, 5.41) is 21.9. The highest BCUT2D eigenvalue weighted by atomic mass is 16.4. The molecule has 0 unspecified atom stereocenters. The molecule has 1 heterocycles. The van der Waals surface area contributed by atoms with E-state index in [4.69, 9.17) is 5.11 Å². The Labute approximate surface area is 97.7 Å². The first-order valence-corrected chi connectivity index (χ1v) is 5.15. The Kier molecular flexibility index (Phi) is 2.82. The van der Waals surface area contributed by atoms with Crippen molar-refractivity contribution in [2.75, 3.05) is 5.32 Å². The third-order valence-corrected chi connectivity index (χ3v) is 2.44. The Hall–Kier alpha value is -2.30. The number of carboxylic acids is 1. The zero-order valence-corrected chi connectivity index (χ0v) is 9.21. The predicted octanol–water partition coefficient (Wildman–Crippen LogP) is 1.83. The van der Waals surface area contributed by atoms with Gasteiger partial charge in [-0.3, -0.25) is 9.78 Å². The standard InChI is InChI=1S/C12H12N2O3/c1-7(12(16)17)14-9-5-8-3-2-4-10(15)11(8)13-6-9/h2-7,14-15H,1H3,(H,16,17)/t7-/m0/s1. The molecular formula is C12H12N2O3. The van der Waals surface area contributed by atoms with Crippen molar-refractivity contribution < 1.29 is 15.0 Å². The van der Waals surface area contributed by atoms with Gasteiger partial charge in [0.2, 0.25) is 0 Å². The number of aliphatic carboxylic acids is 1. The molecule has 0 saturated heterocycles. The number of aromatic nitrogens is 1.